The Labute approximate surface area is 119 Å². The number of benzene rings is 1. The third kappa shape index (κ3) is 1.94. The van der Waals surface area contributed by atoms with Crippen LogP contribution in [0.3, 0.4) is 0 Å². The standard InChI is InChI=1S/C15H12FNO4/c1-7-14(11-6-13(19)21-15(11)20)10-5-9(16)3-4-12(10)17(7)8(2)18/h3-5,11H,6H2,1-2H3. The number of fused-ring (bicyclic) bond motifs is 1. The van der Waals surface area contributed by atoms with Crippen LogP contribution >= 0.6 is 0 Å². The molecule has 2 heterocycles. The number of rotatable bonds is 1. The number of halogens is 1. The van der Waals surface area contributed by atoms with Crippen LogP contribution in [0, 0.1) is 12.7 Å². The van der Waals surface area contributed by atoms with E-state index < -0.39 is 23.7 Å². The second-order valence-electron chi connectivity index (χ2n) is 5.06. The smallest absolute Gasteiger partial charge is 0.321 e. The van der Waals surface area contributed by atoms with Gasteiger partial charge in [-0.25, -0.2) is 4.39 Å². The fraction of sp³-hybridized carbons (Fsp3) is 0.267. The highest BCUT2D eigenvalue weighted by atomic mass is 19.1. The summed E-state index contributed by atoms with van der Waals surface area (Å²) in [6.45, 7) is 3.06. The predicted octanol–water partition coefficient (Wildman–Crippen LogP) is 2.31. The first kappa shape index (κ1) is 13.5. The van der Waals surface area contributed by atoms with Gasteiger partial charge in [0, 0.05) is 18.0 Å². The van der Waals surface area contributed by atoms with Crippen molar-refractivity contribution in [1.29, 1.82) is 0 Å². The van der Waals surface area contributed by atoms with E-state index >= 15 is 0 Å². The van der Waals surface area contributed by atoms with Crippen LogP contribution < -0.4 is 0 Å². The zero-order valence-electron chi connectivity index (χ0n) is 11.5. The van der Waals surface area contributed by atoms with E-state index in [1.165, 1.54) is 29.7 Å². The maximum absolute atomic E-state index is 13.5. The average Bonchev–Trinajstić information content (AvgIpc) is 2.85. The molecule has 0 bridgehead atoms. The molecule has 5 nitrogen and oxygen atoms in total. The molecule has 1 aliphatic rings. The fourth-order valence-electron chi connectivity index (χ4n) is 2.96. The lowest BCUT2D eigenvalue weighted by Gasteiger charge is -2.06. The van der Waals surface area contributed by atoms with Crippen molar-refractivity contribution >= 4 is 28.7 Å². The number of hydrogen-bond acceptors (Lipinski definition) is 4. The van der Waals surface area contributed by atoms with Crippen LogP contribution in [0.15, 0.2) is 18.2 Å². The second-order valence-corrected chi connectivity index (χ2v) is 5.06. The minimum atomic E-state index is -0.789. The number of carbonyl (C=O) groups is 3. The first-order valence-corrected chi connectivity index (χ1v) is 6.46. The van der Waals surface area contributed by atoms with E-state index in [1.807, 2.05) is 0 Å². The first-order valence-electron chi connectivity index (χ1n) is 6.46. The van der Waals surface area contributed by atoms with Crippen molar-refractivity contribution < 1.29 is 23.5 Å². The summed E-state index contributed by atoms with van der Waals surface area (Å²) in [4.78, 5) is 34.9. The zero-order valence-corrected chi connectivity index (χ0v) is 11.5. The lowest BCUT2D eigenvalue weighted by atomic mass is 9.95. The lowest BCUT2D eigenvalue weighted by molar-refractivity contribution is -0.152. The molecule has 0 spiro atoms. The summed E-state index contributed by atoms with van der Waals surface area (Å²) in [5, 5.41) is 0.458. The number of carbonyl (C=O) groups excluding carboxylic acids is 3. The molecule has 108 valence electrons. The van der Waals surface area contributed by atoms with Gasteiger partial charge < -0.3 is 4.74 Å². The van der Waals surface area contributed by atoms with Gasteiger partial charge in [-0.15, -0.1) is 0 Å². The van der Waals surface area contributed by atoms with Crippen molar-refractivity contribution in [3.05, 3.63) is 35.3 Å². The number of cyclic esters (lactones) is 2. The topological polar surface area (TPSA) is 65.4 Å². The predicted molar refractivity (Wildman–Crippen MR) is 71.4 cm³/mol. The minimum absolute atomic E-state index is 0.0901. The van der Waals surface area contributed by atoms with Gasteiger partial charge in [-0.2, -0.15) is 0 Å². The number of esters is 2. The van der Waals surface area contributed by atoms with E-state index in [1.54, 1.807) is 6.92 Å². The van der Waals surface area contributed by atoms with Crippen molar-refractivity contribution in [2.45, 2.75) is 26.2 Å². The van der Waals surface area contributed by atoms with Gasteiger partial charge in [0.25, 0.3) is 0 Å². The summed E-state index contributed by atoms with van der Waals surface area (Å²) in [5.41, 5.74) is 1.53. The van der Waals surface area contributed by atoms with E-state index in [-0.39, 0.29) is 12.3 Å². The van der Waals surface area contributed by atoms with Crippen LogP contribution in [0.4, 0.5) is 4.39 Å². The third-order valence-corrected chi connectivity index (χ3v) is 3.75. The Bertz CT molecular complexity index is 806. The molecule has 0 saturated carbocycles. The highest BCUT2D eigenvalue weighted by Crippen LogP contribution is 2.37. The van der Waals surface area contributed by atoms with Crippen LogP contribution in [0.1, 0.15) is 35.3 Å². The van der Waals surface area contributed by atoms with E-state index in [4.69, 9.17) is 0 Å². The molecule has 3 rings (SSSR count). The molecular formula is C15H12FNO4. The highest BCUT2D eigenvalue weighted by Gasteiger charge is 2.38. The molecule has 0 amide bonds. The molecule has 0 aliphatic carbocycles. The third-order valence-electron chi connectivity index (χ3n) is 3.75. The van der Waals surface area contributed by atoms with Crippen LogP contribution in [0.2, 0.25) is 0 Å². The van der Waals surface area contributed by atoms with Crippen molar-refractivity contribution in [3.8, 4) is 0 Å². The average molecular weight is 289 g/mol. The van der Waals surface area contributed by atoms with E-state index in [2.05, 4.69) is 4.74 Å². The zero-order chi connectivity index (χ0) is 15.3. The Morgan fingerprint density at radius 3 is 2.67 bits per heavy atom. The van der Waals surface area contributed by atoms with Gasteiger partial charge in [-0.1, -0.05) is 0 Å². The molecular weight excluding hydrogens is 277 g/mol. The molecule has 1 aromatic heterocycles. The van der Waals surface area contributed by atoms with Gasteiger partial charge in [0.15, 0.2) is 0 Å². The molecule has 6 heteroatoms. The summed E-state index contributed by atoms with van der Waals surface area (Å²) in [6.07, 6.45) is -0.0901. The van der Waals surface area contributed by atoms with Gasteiger partial charge in [0.2, 0.25) is 5.91 Å². The Morgan fingerprint density at radius 1 is 1.38 bits per heavy atom. The number of ether oxygens (including phenoxy) is 1. The van der Waals surface area contributed by atoms with E-state index in [0.717, 1.165) is 0 Å². The normalized spacial score (nSPS) is 18.3. The first-order chi connectivity index (χ1) is 9.90. The van der Waals surface area contributed by atoms with Gasteiger partial charge in [0.05, 0.1) is 17.9 Å². The molecule has 1 fully saturated rings. The van der Waals surface area contributed by atoms with Crippen LogP contribution in [0.5, 0.6) is 0 Å². The Balaban J connectivity index is 2.34. The van der Waals surface area contributed by atoms with Crippen molar-refractivity contribution in [2.75, 3.05) is 0 Å². The van der Waals surface area contributed by atoms with Crippen molar-refractivity contribution in [3.63, 3.8) is 0 Å². The molecule has 1 atom stereocenters. The summed E-state index contributed by atoms with van der Waals surface area (Å²) < 4.78 is 19.5. The van der Waals surface area contributed by atoms with Gasteiger partial charge in [-0.05, 0) is 30.7 Å². The molecule has 1 aliphatic heterocycles. The largest absolute Gasteiger partial charge is 0.393 e. The Kier molecular flexibility index (Phi) is 2.90. The number of hydrogen-bond donors (Lipinski definition) is 0. The van der Waals surface area contributed by atoms with Crippen molar-refractivity contribution in [2.24, 2.45) is 0 Å². The minimum Gasteiger partial charge on any atom is -0.393 e. The lowest BCUT2D eigenvalue weighted by Crippen LogP contribution is -2.10. The Morgan fingerprint density at radius 2 is 2.10 bits per heavy atom. The van der Waals surface area contributed by atoms with Gasteiger partial charge in [0.1, 0.15) is 5.82 Å². The second kappa shape index (κ2) is 4.51. The van der Waals surface area contributed by atoms with Crippen LogP contribution in [-0.2, 0) is 14.3 Å². The SMILES string of the molecule is CC(=O)n1c(C)c(C2CC(=O)OC2=O)c2cc(F)ccc21. The highest BCUT2D eigenvalue weighted by molar-refractivity contribution is 6.03. The number of nitrogens with zero attached hydrogens (tertiary/aromatic N) is 1. The summed E-state index contributed by atoms with van der Waals surface area (Å²) >= 11 is 0. The van der Waals surface area contributed by atoms with Crippen molar-refractivity contribution in [1.82, 2.24) is 4.57 Å². The number of aromatic nitrogens is 1. The van der Waals surface area contributed by atoms with Crippen LogP contribution in [-0.4, -0.2) is 22.4 Å². The quantitative estimate of drug-likeness (QED) is 0.597. The molecule has 1 unspecified atom stereocenters. The molecule has 0 radical (unpaired) electrons. The molecule has 0 N–H and O–H groups in total. The monoisotopic (exact) mass is 289 g/mol. The summed E-state index contributed by atoms with van der Waals surface area (Å²) in [7, 11) is 0. The summed E-state index contributed by atoms with van der Waals surface area (Å²) in [6, 6.07) is 4.01. The van der Waals surface area contributed by atoms with E-state index in [9.17, 15) is 18.8 Å². The van der Waals surface area contributed by atoms with Gasteiger partial charge in [-0.3, -0.25) is 19.0 Å². The molecule has 1 aromatic carbocycles. The Hall–Kier alpha value is -2.50. The van der Waals surface area contributed by atoms with Crippen LogP contribution in [0.25, 0.3) is 10.9 Å². The fourth-order valence-corrected chi connectivity index (χ4v) is 2.96. The van der Waals surface area contributed by atoms with E-state index in [0.29, 0.717) is 22.2 Å². The maximum atomic E-state index is 13.5. The molecule has 21 heavy (non-hydrogen) atoms. The molecule has 1 saturated heterocycles. The van der Waals surface area contributed by atoms with Gasteiger partial charge >= 0.3 is 11.9 Å². The molecule has 2 aromatic rings. The summed E-state index contributed by atoms with van der Waals surface area (Å²) in [5.74, 6) is -2.77. The maximum Gasteiger partial charge on any atom is 0.321 e.